The van der Waals surface area contributed by atoms with Gasteiger partial charge in [0.2, 0.25) is 0 Å². The number of rotatable bonds is 2. The molecule has 0 atom stereocenters. The van der Waals surface area contributed by atoms with E-state index in [1.54, 1.807) is 0 Å². The predicted molar refractivity (Wildman–Crippen MR) is 61.9 cm³/mol. The molecule has 0 aliphatic rings. The van der Waals surface area contributed by atoms with Crippen LogP contribution in [0.4, 0.5) is 0 Å². The molecule has 74 valence electrons. The van der Waals surface area contributed by atoms with E-state index in [4.69, 9.17) is 5.14 Å². The van der Waals surface area contributed by atoms with Gasteiger partial charge in [0.1, 0.15) is 0 Å². The van der Waals surface area contributed by atoms with Gasteiger partial charge in [-0.25, -0.2) is 0 Å². The maximum Gasteiger partial charge on any atom is 0.0226 e. The fourth-order valence-electron chi connectivity index (χ4n) is 0.931. The summed E-state index contributed by atoms with van der Waals surface area (Å²) in [4.78, 5) is 1.12. The summed E-state index contributed by atoms with van der Waals surface area (Å²) >= 11 is 1.29. The number of benzene rings is 1. The van der Waals surface area contributed by atoms with E-state index in [9.17, 15) is 0 Å². The Labute approximate surface area is 85.9 Å². The molecule has 0 saturated carbocycles. The summed E-state index contributed by atoms with van der Waals surface area (Å²) in [5, 5.41) is 5.39. The first-order valence-corrected chi connectivity index (χ1v) is 5.58. The summed E-state index contributed by atoms with van der Waals surface area (Å²) < 4.78 is 0. The minimum Gasteiger partial charge on any atom is -0.274 e. The lowest BCUT2D eigenvalue weighted by molar-refractivity contribution is 0.865. The van der Waals surface area contributed by atoms with Crippen LogP contribution in [0.25, 0.3) is 0 Å². The molecule has 0 radical (unpaired) electrons. The van der Waals surface area contributed by atoms with Crippen LogP contribution in [0.5, 0.6) is 0 Å². The number of hydrogen-bond donors (Lipinski definition) is 1. The summed E-state index contributed by atoms with van der Waals surface area (Å²) in [6.45, 7) is 8.37. The number of nitrogens with two attached hydrogens (primary N) is 1. The van der Waals surface area contributed by atoms with Crippen molar-refractivity contribution in [1.82, 2.24) is 0 Å². The van der Waals surface area contributed by atoms with Gasteiger partial charge in [-0.3, -0.25) is 5.14 Å². The molecule has 0 saturated heterocycles. The van der Waals surface area contributed by atoms with Crippen LogP contribution < -0.4 is 5.14 Å². The van der Waals surface area contributed by atoms with Crippen molar-refractivity contribution in [3.05, 3.63) is 29.8 Å². The van der Waals surface area contributed by atoms with Gasteiger partial charge in [0, 0.05) is 4.90 Å². The van der Waals surface area contributed by atoms with Crippen LogP contribution >= 0.6 is 11.9 Å². The van der Waals surface area contributed by atoms with E-state index >= 15 is 0 Å². The van der Waals surface area contributed by atoms with E-state index in [-0.39, 0.29) is 0 Å². The van der Waals surface area contributed by atoms with Gasteiger partial charge in [0.05, 0.1) is 0 Å². The standard InChI is InChI=1S/C9H13NS.C2H6/c1-7(2)8-3-5-9(11-10)6-4-8;1-2/h3-7H,10H2,1-2H3;1-2H3. The highest BCUT2D eigenvalue weighted by atomic mass is 32.2. The molecular formula is C11H19NS. The van der Waals surface area contributed by atoms with E-state index in [1.807, 2.05) is 13.8 Å². The van der Waals surface area contributed by atoms with Crippen molar-refractivity contribution < 1.29 is 0 Å². The molecule has 0 amide bonds. The van der Waals surface area contributed by atoms with Crippen LogP contribution in [-0.4, -0.2) is 0 Å². The second kappa shape index (κ2) is 6.98. The smallest absolute Gasteiger partial charge is 0.0226 e. The van der Waals surface area contributed by atoms with Gasteiger partial charge in [0.15, 0.2) is 0 Å². The molecule has 0 aliphatic heterocycles. The third kappa shape index (κ3) is 4.34. The van der Waals surface area contributed by atoms with Gasteiger partial charge in [0.25, 0.3) is 0 Å². The first kappa shape index (κ1) is 12.5. The van der Waals surface area contributed by atoms with Crippen molar-refractivity contribution in [2.45, 2.75) is 38.5 Å². The lowest BCUT2D eigenvalue weighted by Gasteiger charge is -2.04. The van der Waals surface area contributed by atoms with Crippen LogP contribution in [0, 0.1) is 0 Å². The molecule has 0 fully saturated rings. The van der Waals surface area contributed by atoms with Gasteiger partial charge in [-0.1, -0.05) is 39.8 Å². The normalized spacial score (nSPS) is 9.38. The molecule has 2 N–H and O–H groups in total. The molecule has 0 unspecified atom stereocenters. The lowest BCUT2D eigenvalue weighted by Crippen LogP contribution is -1.86. The third-order valence-corrected chi connectivity index (χ3v) is 2.23. The monoisotopic (exact) mass is 197 g/mol. The van der Waals surface area contributed by atoms with Gasteiger partial charge >= 0.3 is 0 Å². The average molecular weight is 197 g/mol. The van der Waals surface area contributed by atoms with Crippen molar-refractivity contribution in [2.24, 2.45) is 5.14 Å². The maximum atomic E-state index is 5.39. The van der Waals surface area contributed by atoms with Gasteiger partial charge in [-0.2, -0.15) is 0 Å². The molecule has 0 heterocycles. The third-order valence-electron chi connectivity index (χ3n) is 1.68. The molecule has 1 aromatic carbocycles. The van der Waals surface area contributed by atoms with E-state index in [0.717, 1.165) is 4.90 Å². The average Bonchev–Trinajstić information content (AvgIpc) is 2.21. The second-order valence-corrected chi connectivity index (χ2v) is 3.55. The first-order chi connectivity index (χ1) is 6.24. The molecule has 0 aliphatic carbocycles. The molecule has 0 aromatic heterocycles. The van der Waals surface area contributed by atoms with Gasteiger partial charge < -0.3 is 0 Å². The zero-order valence-electron chi connectivity index (χ0n) is 8.87. The second-order valence-electron chi connectivity index (χ2n) is 2.84. The molecule has 13 heavy (non-hydrogen) atoms. The minimum absolute atomic E-state index is 0.604. The van der Waals surface area contributed by atoms with Crippen LogP contribution in [0.1, 0.15) is 39.2 Å². The van der Waals surface area contributed by atoms with Crippen molar-refractivity contribution >= 4 is 11.9 Å². The SMILES string of the molecule is CC.CC(C)c1ccc(SN)cc1. The zero-order chi connectivity index (χ0) is 10.3. The summed E-state index contributed by atoms with van der Waals surface area (Å²) in [6, 6.07) is 8.36. The Bertz CT molecular complexity index is 216. The molecule has 2 heteroatoms. The quantitative estimate of drug-likeness (QED) is 0.730. The van der Waals surface area contributed by atoms with Crippen molar-refractivity contribution in [2.75, 3.05) is 0 Å². The first-order valence-electron chi connectivity index (χ1n) is 4.70. The van der Waals surface area contributed by atoms with E-state index in [2.05, 4.69) is 38.1 Å². The van der Waals surface area contributed by atoms with Crippen molar-refractivity contribution in [1.29, 1.82) is 0 Å². The highest BCUT2D eigenvalue weighted by Gasteiger charge is 1.97. The van der Waals surface area contributed by atoms with E-state index in [1.165, 1.54) is 17.5 Å². The molecule has 1 rings (SSSR count). The Kier molecular flexibility index (Phi) is 6.73. The summed E-state index contributed by atoms with van der Waals surface area (Å²) in [5.41, 5.74) is 1.36. The summed E-state index contributed by atoms with van der Waals surface area (Å²) in [7, 11) is 0. The Morgan fingerprint density at radius 1 is 1.08 bits per heavy atom. The fraction of sp³-hybridized carbons (Fsp3) is 0.455. The Hall–Kier alpha value is -0.470. The Morgan fingerprint density at radius 3 is 1.85 bits per heavy atom. The Morgan fingerprint density at radius 2 is 1.54 bits per heavy atom. The molecule has 1 nitrogen and oxygen atoms in total. The van der Waals surface area contributed by atoms with E-state index in [0.29, 0.717) is 5.92 Å². The topological polar surface area (TPSA) is 26.0 Å². The molecular weight excluding hydrogens is 178 g/mol. The van der Waals surface area contributed by atoms with Crippen molar-refractivity contribution in [3.8, 4) is 0 Å². The largest absolute Gasteiger partial charge is 0.274 e. The predicted octanol–water partition coefficient (Wildman–Crippen LogP) is 3.80. The van der Waals surface area contributed by atoms with E-state index < -0.39 is 0 Å². The van der Waals surface area contributed by atoms with Crippen LogP contribution in [0.15, 0.2) is 29.2 Å². The van der Waals surface area contributed by atoms with Crippen LogP contribution in [0.2, 0.25) is 0 Å². The molecule has 1 aromatic rings. The van der Waals surface area contributed by atoms with Gasteiger partial charge in [-0.15, -0.1) is 0 Å². The number of hydrogen-bond acceptors (Lipinski definition) is 2. The zero-order valence-corrected chi connectivity index (χ0v) is 9.69. The highest BCUT2D eigenvalue weighted by molar-refractivity contribution is 7.97. The summed E-state index contributed by atoms with van der Waals surface area (Å²) in [6.07, 6.45) is 0. The van der Waals surface area contributed by atoms with Crippen LogP contribution in [-0.2, 0) is 0 Å². The fourth-order valence-corrected chi connectivity index (χ4v) is 1.22. The summed E-state index contributed by atoms with van der Waals surface area (Å²) in [5.74, 6) is 0.604. The lowest BCUT2D eigenvalue weighted by atomic mass is 10.0. The molecule has 0 bridgehead atoms. The molecule has 0 spiro atoms. The van der Waals surface area contributed by atoms with Crippen LogP contribution in [0.3, 0.4) is 0 Å². The minimum atomic E-state index is 0.604. The van der Waals surface area contributed by atoms with Gasteiger partial charge in [-0.05, 0) is 35.6 Å². The van der Waals surface area contributed by atoms with Crippen molar-refractivity contribution in [3.63, 3.8) is 0 Å². The Balaban J connectivity index is 0.000000671. The highest BCUT2D eigenvalue weighted by Crippen LogP contribution is 2.17. The maximum absolute atomic E-state index is 5.39.